The molecular formula is C12H17N3O2. The van der Waals surface area contributed by atoms with E-state index in [-0.39, 0.29) is 17.9 Å². The molecule has 2 rings (SSSR count). The summed E-state index contributed by atoms with van der Waals surface area (Å²) in [6.45, 7) is 0.523. The van der Waals surface area contributed by atoms with E-state index in [1.165, 1.54) is 18.7 Å². The van der Waals surface area contributed by atoms with Crippen molar-refractivity contribution in [2.24, 2.45) is 5.92 Å². The highest BCUT2D eigenvalue weighted by Gasteiger charge is 2.23. The first-order valence-electron chi connectivity index (χ1n) is 5.98. The van der Waals surface area contributed by atoms with Crippen molar-refractivity contribution in [1.29, 1.82) is 0 Å². The molecule has 1 fully saturated rings. The van der Waals surface area contributed by atoms with Crippen LogP contribution in [0.2, 0.25) is 0 Å². The van der Waals surface area contributed by atoms with Crippen LogP contribution in [0.4, 0.5) is 0 Å². The van der Waals surface area contributed by atoms with Crippen LogP contribution in [0.3, 0.4) is 0 Å². The van der Waals surface area contributed by atoms with Gasteiger partial charge in [-0.3, -0.25) is 4.79 Å². The minimum Gasteiger partial charge on any atom is -0.393 e. The van der Waals surface area contributed by atoms with Gasteiger partial charge in [-0.1, -0.05) is 12.8 Å². The number of aliphatic hydroxyl groups is 1. The first-order chi connectivity index (χ1) is 8.27. The molecule has 0 spiro atoms. The van der Waals surface area contributed by atoms with E-state index in [9.17, 15) is 9.90 Å². The highest BCUT2D eigenvalue weighted by Crippen LogP contribution is 2.23. The van der Waals surface area contributed by atoms with E-state index in [0.29, 0.717) is 12.1 Å². The number of carbonyl (C=O) groups excluding carboxylic acids is 1. The number of hydrogen-bond acceptors (Lipinski definition) is 4. The van der Waals surface area contributed by atoms with E-state index in [1.807, 2.05) is 0 Å². The average molecular weight is 235 g/mol. The van der Waals surface area contributed by atoms with Crippen LogP contribution in [0.25, 0.3) is 0 Å². The van der Waals surface area contributed by atoms with Gasteiger partial charge in [0.2, 0.25) is 0 Å². The van der Waals surface area contributed by atoms with Crippen LogP contribution >= 0.6 is 0 Å². The molecule has 1 aliphatic carbocycles. The molecule has 5 heteroatoms. The monoisotopic (exact) mass is 235 g/mol. The zero-order valence-corrected chi connectivity index (χ0v) is 9.67. The fourth-order valence-electron chi connectivity index (χ4n) is 2.17. The molecule has 92 valence electrons. The van der Waals surface area contributed by atoms with Crippen LogP contribution in [-0.4, -0.2) is 33.6 Å². The van der Waals surface area contributed by atoms with Crippen molar-refractivity contribution in [3.8, 4) is 0 Å². The van der Waals surface area contributed by atoms with E-state index in [2.05, 4.69) is 15.3 Å². The summed E-state index contributed by atoms with van der Waals surface area (Å²) in [6.07, 6.45) is 8.11. The lowest BCUT2D eigenvalue weighted by Crippen LogP contribution is -2.36. The first-order valence-corrected chi connectivity index (χ1v) is 5.98. The second kappa shape index (κ2) is 5.72. The molecule has 1 aromatic heterocycles. The van der Waals surface area contributed by atoms with Crippen molar-refractivity contribution < 1.29 is 9.90 Å². The van der Waals surface area contributed by atoms with Crippen LogP contribution in [0.1, 0.15) is 36.0 Å². The van der Waals surface area contributed by atoms with Gasteiger partial charge in [0.25, 0.3) is 5.91 Å². The molecule has 0 saturated heterocycles. The molecule has 1 saturated carbocycles. The van der Waals surface area contributed by atoms with Gasteiger partial charge in [0, 0.05) is 24.9 Å². The maximum Gasteiger partial charge on any atom is 0.254 e. The second-order valence-electron chi connectivity index (χ2n) is 4.45. The van der Waals surface area contributed by atoms with Crippen molar-refractivity contribution in [2.45, 2.75) is 31.8 Å². The molecule has 1 amide bonds. The van der Waals surface area contributed by atoms with Crippen LogP contribution in [-0.2, 0) is 0 Å². The molecule has 0 radical (unpaired) electrons. The predicted molar refractivity (Wildman–Crippen MR) is 62.3 cm³/mol. The molecule has 0 aliphatic heterocycles. The zero-order chi connectivity index (χ0) is 12.1. The number of hydrogen-bond donors (Lipinski definition) is 2. The molecule has 2 N–H and O–H groups in total. The number of aliphatic hydroxyl groups excluding tert-OH is 1. The van der Waals surface area contributed by atoms with Gasteiger partial charge in [0.05, 0.1) is 11.7 Å². The van der Waals surface area contributed by atoms with Crippen molar-refractivity contribution in [3.63, 3.8) is 0 Å². The third-order valence-corrected chi connectivity index (χ3v) is 3.22. The highest BCUT2D eigenvalue weighted by molar-refractivity contribution is 5.93. The number of carbonyl (C=O) groups is 1. The van der Waals surface area contributed by atoms with Gasteiger partial charge < -0.3 is 10.4 Å². The van der Waals surface area contributed by atoms with Gasteiger partial charge in [-0.05, 0) is 12.8 Å². The van der Waals surface area contributed by atoms with Gasteiger partial charge in [-0.2, -0.15) is 0 Å². The van der Waals surface area contributed by atoms with E-state index in [0.717, 1.165) is 25.7 Å². The van der Waals surface area contributed by atoms with E-state index < -0.39 is 0 Å². The number of nitrogens with zero attached hydrogens (tertiary/aromatic N) is 2. The second-order valence-corrected chi connectivity index (χ2v) is 4.45. The van der Waals surface area contributed by atoms with Crippen LogP contribution in [0.5, 0.6) is 0 Å². The third-order valence-electron chi connectivity index (χ3n) is 3.22. The summed E-state index contributed by atoms with van der Waals surface area (Å²) in [6, 6.07) is 0. The Morgan fingerprint density at radius 1 is 1.35 bits per heavy atom. The van der Waals surface area contributed by atoms with Crippen molar-refractivity contribution in [1.82, 2.24) is 15.3 Å². The molecule has 17 heavy (non-hydrogen) atoms. The number of rotatable bonds is 3. The summed E-state index contributed by atoms with van der Waals surface area (Å²) in [4.78, 5) is 19.3. The smallest absolute Gasteiger partial charge is 0.254 e. The standard InChI is InChI=1S/C12H17N3O2/c16-11-4-2-1-3-9(11)7-15-12(17)10-5-13-8-14-6-10/h5-6,8-9,11,16H,1-4,7H2,(H,15,17). The average Bonchev–Trinajstić information content (AvgIpc) is 2.38. The molecule has 1 aliphatic rings. The fourth-order valence-corrected chi connectivity index (χ4v) is 2.17. The Kier molecular flexibility index (Phi) is 4.03. The summed E-state index contributed by atoms with van der Waals surface area (Å²) in [7, 11) is 0. The molecule has 0 bridgehead atoms. The summed E-state index contributed by atoms with van der Waals surface area (Å²) in [5.74, 6) is 0.000652. The zero-order valence-electron chi connectivity index (χ0n) is 9.67. The summed E-state index contributed by atoms with van der Waals surface area (Å²) in [5.41, 5.74) is 0.456. The largest absolute Gasteiger partial charge is 0.393 e. The Morgan fingerprint density at radius 3 is 2.76 bits per heavy atom. The quantitative estimate of drug-likeness (QED) is 0.811. The molecule has 0 aromatic carbocycles. The van der Waals surface area contributed by atoms with Crippen LogP contribution < -0.4 is 5.32 Å². The summed E-state index contributed by atoms with van der Waals surface area (Å²) >= 11 is 0. The number of nitrogens with one attached hydrogen (secondary N) is 1. The Hall–Kier alpha value is -1.49. The first kappa shape index (κ1) is 12.0. The molecule has 5 nitrogen and oxygen atoms in total. The van der Waals surface area contributed by atoms with Crippen molar-refractivity contribution in [3.05, 3.63) is 24.3 Å². The molecule has 2 atom stereocenters. The van der Waals surface area contributed by atoms with Gasteiger partial charge in [-0.25, -0.2) is 9.97 Å². The molecule has 1 aromatic rings. The predicted octanol–water partition coefficient (Wildman–Crippen LogP) is 0.757. The maximum atomic E-state index is 11.7. The Balaban J connectivity index is 1.84. The fraction of sp³-hybridized carbons (Fsp3) is 0.583. The third kappa shape index (κ3) is 3.23. The lowest BCUT2D eigenvalue weighted by molar-refractivity contribution is 0.0662. The van der Waals surface area contributed by atoms with Crippen molar-refractivity contribution >= 4 is 5.91 Å². The molecule has 2 unspecified atom stereocenters. The van der Waals surface area contributed by atoms with Gasteiger partial charge in [0.1, 0.15) is 6.33 Å². The number of aromatic nitrogens is 2. The Bertz CT molecular complexity index is 369. The minimum absolute atomic E-state index is 0.177. The Labute approximate surface area is 100 Å². The molecular weight excluding hydrogens is 218 g/mol. The maximum absolute atomic E-state index is 11.7. The van der Waals surface area contributed by atoms with Crippen molar-refractivity contribution in [2.75, 3.05) is 6.54 Å². The van der Waals surface area contributed by atoms with E-state index >= 15 is 0 Å². The molecule has 1 heterocycles. The topological polar surface area (TPSA) is 75.1 Å². The van der Waals surface area contributed by atoms with Crippen LogP contribution in [0.15, 0.2) is 18.7 Å². The van der Waals surface area contributed by atoms with Crippen LogP contribution in [0, 0.1) is 5.92 Å². The normalized spacial score (nSPS) is 24.3. The lowest BCUT2D eigenvalue weighted by atomic mass is 9.86. The van der Waals surface area contributed by atoms with Gasteiger partial charge in [-0.15, -0.1) is 0 Å². The van der Waals surface area contributed by atoms with Gasteiger partial charge in [0.15, 0.2) is 0 Å². The summed E-state index contributed by atoms with van der Waals surface area (Å²) < 4.78 is 0. The lowest BCUT2D eigenvalue weighted by Gasteiger charge is -2.27. The van der Waals surface area contributed by atoms with E-state index in [4.69, 9.17) is 0 Å². The Morgan fingerprint density at radius 2 is 2.06 bits per heavy atom. The minimum atomic E-state index is -0.281. The summed E-state index contributed by atoms with van der Waals surface area (Å²) in [5, 5.41) is 12.6. The van der Waals surface area contributed by atoms with E-state index in [1.54, 1.807) is 0 Å². The number of amides is 1. The SMILES string of the molecule is O=C(NCC1CCCCC1O)c1cncnc1. The van der Waals surface area contributed by atoms with Gasteiger partial charge >= 0.3 is 0 Å². The highest BCUT2D eigenvalue weighted by atomic mass is 16.3.